The Morgan fingerprint density at radius 1 is 1.42 bits per heavy atom. The molecule has 1 atom stereocenters. The Kier molecular flexibility index (Phi) is 4.85. The molecule has 0 bridgehead atoms. The van der Waals surface area contributed by atoms with Gasteiger partial charge in [-0.1, -0.05) is 18.2 Å². The molecule has 1 aliphatic rings. The number of benzene rings is 1. The minimum atomic E-state index is -0.00658. The average Bonchev–Trinajstić information content (AvgIpc) is 3.13. The predicted octanol–water partition coefficient (Wildman–Crippen LogP) is 2.51. The van der Waals surface area contributed by atoms with Gasteiger partial charge in [-0.2, -0.15) is 5.10 Å². The number of likely N-dealkylation sites (tertiary alicyclic amines) is 1. The van der Waals surface area contributed by atoms with Gasteiger partial charge in [0.2, 0.25) is 5.91 Å². The number of carbonyl (C=O) groups excluding carboxylic acids is 1. The molecule has 1 amide bonds. The maximum Gasteiger partial charge on any atom is 0.238 e. The van der Waals surface area contributed by atoms with Gasteiger partial charge in [0.05, 0.1) is 25.0 Å². The smallest absolute Gasteiger partial charge is 0.238 e. The van der Waals surface area contributed by atoms with E-state index in [9.17, 15) is 4.79 Å². The topological polar surface area (TPSA) is 59.4 Å². The Bertz CT molecular complexity index is 726. The zero-order valence-electron chi connectivity index (χ0n) is 14.5. The van der Waals surface area contributed by atoms with E-state index < -0.39 is 0 Å². The quantitative estimate of drug-likeness (QED) is 0.916. The Labute approximate surface area is 142 Å². The maximum atomic E-state index is 12.4. The van der Waals surface area contributed by atoms with Crippen molar-refractivity contribution in [1.29, 1.82) is 0 Å². The average molecular weight is 328 g/mol. The van der Waals surface area contributed by atoms with Crippen molar-refractivity contribution in [1.82, 2.24) is 14.7 Å². The van der Waals surface area contributed by atoms with Crippen LogP contribution in [0.3, 0.4) is 0 Å². The van der Waals surface area contributed by atoms with Crippen LogP contribution in [0.2, 0.25) is 0 Å². The van der Waals surface area contributed by atoms with Crippen molar-refractivity contribution in [3.05, 3.63) is 41.7 Å². The van der Waals surface area contributed by atoms with Crippen molar-refractivity contribution in [3.8, 4) is 5.75 Å². The van der Waals surface area contributed by atoms with Gasteiger partial charge < -0.3 is 10.1 Å². The number of carbonyl (C=O) groups is 1. The number of amides is 1. The third-order valence-corrected chi connectivity index (χ3v) is 4.50. The highest BCUT2D eigenvalue weighted by atomic mass is 16.5. The Balaban J connectivity index is 1.69. The molecule has 6 heteroatoms. The molecule has 0 spiro atoms. The zero-order chi connectivity index (χ0) is 17.1. The van der Waals surface area contributed by atoms with Crippen molar-refractivity contribution in [2.24, 2.45) is 7.05 Å². The molecule has 1 aromatic carbocycles. The SMILES string of the molecule is COc1ccccc1[C@H]1CCCN1CC(=O)Nc1cn(C)nc1C. The van der Waals surface area contributed by atoms with E-state index in [0.29, 0.717) is 6.54 Å². The molecule has 1 saturated heterocycles. The van der Waals surface area contributed by atoms with Crippen LogP contribution in [-0.4, -0.2) is 40.8 Å². The Morgan fingerprint density at radius 3 is 2.92 bits per heavy atom. The van der Waals surface area contributed by atoms with Crippen molar-refractivity contribution in [3.63, 3.8) is 0 Å². The van der Waals surface area contributed by atoms with Gasteiger partial charge in [0.25, 0.3) is 0 Å². The minimum Gasteiger partial charge on any atom is -0.496 e. The summed E-state index contributed by atoms with van der Waals surface area (Å²) in [6.45, 7) is 3.18. The number of hydrogen-bond donors (Lipinski definition) is 1. The summed E-state index contributed by atoms with van der Waals surface area (Å²) < 4.78 is 7.19. The number of nitrogens with zero attached hydrogens (tertiary/aromatic N) is 3. The van der Waals surface area contributed by atoms with Crippen molar-refractivity contribution < 1.29 is 9.53 Å². The highest BCUT2D eigenvalue weighted by Gasteiger charge is 2.29. The summed E-state index contributed by atoms with van der Waals surface area (Å²) in [5, 5.41) is 7.22. The van der Waals surface area contributed by atoms with Gasteiger partial charge in [0.1, 0.15) is 5.75 Å². The molecule has 0 radical (unpaired) electrons. The number of anilines is 1. The number of methoxy groups -OCH3 is 1. The summed E-state index contributed by atoms with van der Waals surface area (Å²) in [5.74, 6) is 0.880. The van der Waals surface area contributed by atoms with Crippen LogP contribution in [0.15, 0.2) is 30.5 Å². The second-order valence-electron chi connectivity index (χ2n) is 6.22. The molecule has 1 aromatic heterocycles. The van der Waals surface area contributed by atoms with Crippen molar-refractivity contribution in [2.75, 3.05) is 25.5 Å². The standard InChI is InChI=1S/C18H24N4O2/c1-13-15(11-21(2)20-13)19-18(23)12-22-10-6-8-16(22)14-7-4-5-9-17(14)24-3/h4-5,7,9,11,16H,6,8,10,12H2,1-3H3,(H,19,23)/t16-/m1/s1. The number of aromatic nitrogens is 2. The second kappa shape index (κ2) is 7.05. The fraction of sp³-hybridized carbons (Fsp3) is 0.444. The molecule has 128 valence electrons. The number of para-hydroxylation sites is 1. The molecule has 1 aliphatic heterocycles. The summed E-state index contributed by atoms with van der Waals surface area (Å²) >= 11 is 0. The lowest BCUT2D eigenvalue weighted by Crippen LogP contribution is -2.33. The third kappa shape index (κ3) is 3.43. The van der Waals surface area contributed by atoms with Crippen LogP contribution < -0.4 is 10.1 Å². The largest absolute Gasteiger partial charge is 0.496 e. The lowest BCUT2D eigenvalue weighted by atomic mass is 10.0. The molecule has 1 N–H and O–H groups in total. The Morgan fingerprint density at radius 2 is 2.21 bits per heavy atom. The molecular formula is C18H24N4O2. The molecule has 24 heavy (non-hydrogen) atoms. The molecule has 0 aliphatic carbocycles. The van der Waals surface area contributed by atoms with Crippen LogP contribution in [-0.2, 0) is 11.8 Å². The summed E-state index contributed by atoms with van der Waals surface area (Å²) in [5.41, 5.74) is 2.76. The third-order valence-electron chi connectivity index (χ3n) is 4.50. The van der Waals surface area contributed by atoms with Crippen LogP contribution in [0.1, 0.15) is 30.1 Å². The summed E-state index contributed by atoms with van der Waals surface area (Å²) in [4.78, 5) is 14.7. The monoisotopic (exact) mass is 328 g/mol. The lowest BCUT2D eigenvalue weighted by Gasteiger charge is -2.25. The number of aryl methyl sites for hydroxylation is 2. The normalized spacial score (nSPS) is 17.9. The fourth-order valence-electron chi connectivity index (χ4n) is 3.41. The van der Waals surface area contributed by atoms with Gasteiger partial charge in [-0.25, -0.2) is 0 Å². The van der Waals surface area contributed by atoms with Gasteiger partial charge in [-0.3, -0.25) is 14.4 Å². The minimum absolute atomic E-state index is 0.00658. The number of ether oxygens (including phenoxy) is 1. The van der Waals surface area contributed by atoms with E-state index in [4.69, 9.17) is 4.74 Å². The fourth-order valence-corrected chi connectivity index (χ4v) is 3.41. The zero-order valence-corrected chi connectivity index (χ0v) is 14.5. The van der Waals surface area contributed by atoms with Gasteiger partial charge >= 0.3 is 0 Å². The molecule has 0 saturated carbocycles. The second-order valence-corrected chi connectivity index (χ2v) is 6.22. The predicted molar refractivity (Wildman–Crippen MR) is 93.1 cm³/mol. The lowest BCUT2D eigenvalue weighted by molar-refractivity contribution is -0.117. The maximum absolute atomic E-state index is 12.4. The molecule has 2 heterocycles. The number of hydrogen-bond acceptors (Lipinski definition) is 4. The molecule has 6 nitrogen and oxygen atoms in total. The first-order valence-corrected chi connectivity index (χ1v) is 8.25. The summed E-state index contributed by atoms with van der Waals surface area (Å²) in [7, 11) is 3.54. The van der Waals surface area contributed by atoms with Gasteiger partial charge in [-0.15, -0.1) is 0 Å². The molecular weight excluding hydrogens is 304 g/mol. The first kappa shape index (κ1) is 16.5. The van der Waals surface area contributed by atoms with Crippen LogP contribution in [0.4, 0.5) is 5.69 Å². The van der Waals surface area contributed by atoms with E-state index in [0.717, 1.165) is 42.1 Å². The first-order chi connectivity index (χ1) is 11.6. The molecule has 1 fully saturated rings. The van der Waals surface area contributed by atoms with E-state index in [2.05, 4.69) is 21.4 Å². The van der Waals surface area contributed by atoms with E-state index in [1.165, 1.54) is 0 Å². The van der Waals surface area contributed by atoms with E-state index >= 15 is 0 Å². The molecule has 0 unspecified atom stereocenters. The van der Waals surface area contributed by atoms with E-state index in [-0.39, 0.29) is 11.9 Å². The molecule has 3 rings (SSSR count). The van der Waals surface area contributed by atoms with Crippen molar-refractivity contribution >= 4 is 11.6 Å². The van der Waals surface area contributed by atoms with Crippen LogP contribution in [0, 0.1) is 6.92 Å². The van der Waals surface area contributed by atoms with Crippen LogP contribution in [0.25, 0.3) is 0 Å². The summed E-state index contributed by atoms with van der Waals surface area (Å²) in [6.07, 6.45) is 3.95. The summed E-state index contributed by atoms with van der Waals surface area (Å²) in [6, 6.07) is 8.28. The highest BCUT2D eigenvalue weighted by Crippen LogP contribution is 2.36. The van der Waals surface area contributed by atoms with Gasteiger partial charge in [-0.05, 0) is 32.4 Å². The Hall–Kier alpha value is -2.34. The number of nitrogens with one attached hydrogen (secondary N) is 1. The van der Waals surface area contributed by atoms with Gasteiger partial charge in [0.15, 0.2) is 0 Å². The van der Waals surface area contributed by atoms with E-state index in [1.807, 2.05) is 38.4 Å². The van der Waals surface area contributed by atoms with Crippen LogP contribution >= 0.6 is 0 Å². The molecule has 2 aromatic rings. The van der Waals surface area contributed by atoms with E-state index in [1.54, 1.807) is 11.8 Å². The van der Waals surface area contributed by atoms with Crippen LogP contribution in [0.5, 0.6) is 5.75 Å². The highest BCUT2D eigenvalue weighted by molar-refractivity contribution is 5.92. The van der Waals surface area contributed by atoms with Gasteiger partial charge in [0, 0.05) is 24.8 Å². The van der Waals surface area contributed by atoms with Crippen molar-refractivity contribution in [2.45, 2.75) is 25.8 Å². The first-order valence-electron chi connectivity index (χ1n) is 8.25. The number of rotatable bonds is 5.